The van der Waals surface area contributed by atoms with Crippen molar-refractivity contribution < 1.29 is 18.7 Å². The third kappa shape index (κ3) is 3.51. The summed E-state index contributed by atoms with van der Waals surface area (Å²) in [5, 5.41) is 6.59. The number of methoxy groups -OCH3 is 1. The van der Waals surface area contributed by atoms with E-state index in [2.05, 4.69) is 10.6 Å². The second-order valence-electron chi connectivity index (χ2n) is 6.70. The zero-order valence-corrected chi connectivity index (χ0v) is 15.2. The average Bonchev–Trinajstić information content (AvgIpc) is 3.43. The van der Waals surface area contributed by atoms with E-state index in [4.69, 9.17) is 9.15 Å². The molecular formula is C21H20N2O4. The molecule has 0 unspecified atom stereocenters. The van der Waals surface area contributed by atoms with E-state index in [0.29, 0.717) is 28.6 Å². The lowest BCUT2D eigenvalue weighted by Gasteiger charge is -2.06. The molecule has 0 aliphatic heterocycles. The van der Waals surface area contributed by atoms with Gasteiger partial charge in [-0.25, -0.2) is 0 Å². The fourth-order valence-corrected chi connectivity index (χ4v) is 2.93. The second-order valence-corrected chi connectivity index (χ2v) is 6.70. The van der Waals surface area contributed by atoms with Crippen LogP contribution in [0.5, 0.6) is 5.75 Å². The second kappa shape index (κ2) is 6.79. The van der Waals surface area contributed by atoms with Crippen LogP contribution < -0.4 is 15.4 Å². The molecular weight excluding hydrogens is 344 g/mol. The lowest BCUT2D eigenvalue weighted by atomic mass is 10.1. The zero-order valence-electron chi connectivity index (χ0n) is 15.2. The van der Waals surface area contributed by atoms with E-state index in [-0.39, 0.29) is 17.6 Å². The minimum atomic E-state index is -0.335. The van der Waals surface area contributed by atoms with E-state index in [0.717, 1.165) is 23.8 Å². The summed E-state index contributed by atoms with van der Waals surface area (Å²) < 4.78 is 10.9. The van der Waals surface area contributed by atoms with Crippen LogP contribution in [-0.2, 0) is 0 Å². The number of fused-ring (bicyclic) bond motifs is 1. The molecule has 0 spiro atoms. The lowest BCUT2D eigenvalue weighted by molar-refractivity contribution is 0.0950. The van der Waals surface area contributed by atoms with Gasteiger partial charge in [-0.05, 0) is 62.2 Å². The Hall–Kier alpha value is -3.28. The van der Waals surface area contributed by atoms with Crippen molar-refractivity contribution >= 4 is 28.5 Å². The molecule has 0 bridgehead atoms. The minimum absolute atomic E-state index is 0.0857. The normalized spacial score (nSPS) is 13.4. The first-order chi connectivity index (χ1) is 13.0. The summed E-state index contributed by atoms with van der Waals surface area (Å²) in [6.07, 6.45) is 2.09. The number of hydrogen-bond acceptors (Lipinski definition) is 4. The first-order valence-corrected chi connectivity index (χ1v) is 8.84. The maximum Gasteiger partial charge on any atom is 0.291 e. The molecule has 1 aliphatic carbocycles. The Morgan fingerprint density at radius 1 is 1.07 bits per heavy atom. The molecule has 4 rings (SSSR count). The Morgan fingerprint density at radius 3 is 2.48 bits per heavy atom. The van der Waals surface area contributed by atoms with Gasteiger partial charge in [-0.1, -0.05) is 0 Å². The van der Waals surface area contributed by atoms with Crippen LogP contribution in [0.1, 0.15) is 39.3 Å². The topological polar surface area (TPSA) is 80.6 Å². The molecule has 0 radical (unpaired) electrons. The molecule has 2 amide bonds. The fraction of sp³-hybridized carbons (Fsp3) is 0.238. The minimum Gasteiger partial charge on any atom is -0.497 e. The van der Waals surface area contributed by atoms with Crippen LogP contribution in [0.25, 0.3) is 11.0 Å². The van der Waals surface area contributed by atoms with Crippen LogP contribution in [0.2, 0.25) is 0 Å². The van der Waals surface area contributed by atoms with Gasteiger partial charge in [-0.3, -0.25) is 9.59 Å². The van der Waals surface area contributed by atoms with Crippen molar-refractivity contribution in [1.82, 2.24) is 5.32 Å². The predicted octanol–water partition coefficient (Wildman–Crippen LogP) is 3.89. The number of rotatable bonds is 5. The van der Waals surface area contributed by atoms with E-state index < -0.39 is 0 Å². The molecule has 2 N–H and O–H groups in total. The molecule has 1 fully saturated rings. The van der Waals surface area contributed by atoms with E-state index in [9.17, 15) is 9.59 Å². The number of carbonyl (C=O) groups excluding carboxylic acids is 2. The number of amides is 2. The van der Waals surface area contributed by atoms with Gasteiger partial charge in [-0.2, -0.15) is 0 Å². The van der Waals surface area contributed by atoms with Crippen molar-refractivity contribution in [2.45, 2.75) is 25.8 Å². The number of aryl methyl sites for hydroxylation is 1. The van der Waals surface area contributed by atoms with Gasteiger partial charge in [0, 0.05) is 28.2 Å². The summed E-state index contributed by atoms with van der Waals surface area (Å²) in [6, 6.07) is 12.5. The van der Waals surface area contributed by atoms with Gasteiger partial charge in [0.15, 0.2) is 5.76 Å². The van der Waals surface area contributed by atoms with Crippen molar-refractivity contribution in [1.29, 1.82) is 0 Å². The van der Waals surface area contributed by atoms with Crippen molar-refractivity contribution in [3.63, 3.8) is 0 Å². The van der Waals surface area contributed by atoms with Crippen molar-refractivity contribution in [2.75, 3.05) is 12.4 Å². The maximum atomic E-state index is 12.6. The fourth-order valence-electron chi connectivity index (χ4n) is 2.93. The van der Waals surface area contributed by atoms with Gasteiger partial charge in [0.1, 0.15) is 11.3 Å². The quantitative estimate of drug-likeness (QED) is 0.720. The summed E-state index contributed by atoms with van der Waals surface area (Å²) in [4.78, 5) is 24.6. The van der Waals surface area contributed by atoms with Gasteiger partial charge >= 0.3 is 0 Å². The third-order valence-electron chi connectivity index (χ3n) is 4.67. The number of nitrogens with one attached hydrogen (secondary N) is 2. The van der Waals surface area contributed by atoms with Gasteiger partial charge in [-0.15, -0.1) is 0 Å². The molecule has 6 heteroatoms. The van der Waals surface area contributed by atoms with E-state index >= 15 is 0 Å². The van der Waals surface area contributed by atoms with Crippen LogP contribution >= 0.6 is 0 Å². The highest BCUT2D eigenvalue weighted by molar-refractivity contribution is 6.06. The Morgan fingerprint density at radius 2 is 1.81 bits per heavy atom. The van der Waals surface area contributed by atoms with Crippen molar-refractivity contribution in [2.24, 2.45) is 0 Å². The summed E-state index contributed by atoms with van der Waals surface area (Å²) in [6.45, 7) is 1.84. The van der Waals surface area contributed by atoms with Crippen LogP contribution in [0.3, 0.4) is 0 Å². The average molecular weight is 364 g/mol. The summed E-state index contributed by atoms with van der Waals surface area (Å²) >= 11 is 0. The first-order valence-electron chi connectivity index (χ1n) is 8.84. The molecule has 1 aliphatic rings. The van der Waals surface area contributed by atoms with E-state index in [1.165, 1.54) is 0 Å². The SMILES string of the molecule is COc1ccc2oc(C(=O)Nc3ccc(C(=O)NC4CC4)cc3)c(C)c2c1. The van der Waals surface area contributed by atoms with Crippen LogP contribution in [0, 0.1) is 6.92 Å². The lowest BCUT2D eigenvalue weighted by Crippen LogP contribution is -2.25. The van der Waals surface area contributed by atoms with Crippen molar-refractivity contribution in [3.05, 3.63) is 59.4 Å². The molecule has 2 aromatic carbocycles. The Bertz CT molecular complexity index is 1020. The monoisotopic (exact) mass is 364 g/mol. The van der Waals surface area contributed by atoms with Gasteiger partial charge in [0.2, 0.25) is 0 Å². The van der Waals surface area contributed by atoms with Gasteiger partial charge in [0.05, 0.1) is 7.11 Å². The maximum absolute atomic E-state index is 12.6. The molecule has 138 valence electrons. The van der Waals surface area contributed by atoms with Crippen LogP contribution in [-0.4, -0.2) is 25.0 Å². The molecule has 1 saturated carbocycles. The van der Waals surface area contributed by atoms with E-state index in [1.54, 1.807) is 43.5 Å². The Kier molecular flexibility index (Phi) is 4.32. The van der Waals surface area contributed by atoms with Crippen molar-refractivity contribution in [3.8, 4) is 5.75 Å². The summed E-state index contributed by atoms with van der Waals surface area (Å²) in [7, 11) is 1.60. The van der Waals surface area contributed by atoms with E-state index in [1.807, 2.05) is 13.0 Å². The number of hydrogen-bond donors (Lipinski definition) is 2. The predicted molar refractivity (Wildman–Crippen MR) is 102 cm³/mol. The number of furan rings is 1. The largest absolute Gasteiger partial charge is 0.497 e. The summed E-state index contributed by atoms with van der Waals surface area (Å²) in [5.74, 6) is 0.544. The molecule has 0 atom stereocenters. The van der Waals surface area contributed by atoms with Gasteiger partial charge < -0.3 is 19.8 Å². The Balaban J connectivity index is 1.50. The first kappa shape index (κ1) is 17.1. The molecule has 1 aromatic heterocycles. The summed E-state index contributed by atoms with van der Waals surface area (Å²) in [5.41, 5.74) is 2.56. The molecule has 27 heavy (non-hydrogen) atoms. The zero-order chi connectivity index (χ0) is 19.0. The highest BCUT2D eigenvalue weighted by Gasteiger charge is 2.24. The van der Waals surface area contributed by atoms with Gasteiger partial charge in [0.25, 0.3) is 11.8 Å². The Labute approximate surface area is 156 Å². The smallest absolute Gasteiger partial charge is 0.291 e. The number of anilines is 1. The molecule has 0 saturated heterocycles. The standard InChI is InChI=1S/C21H20N2O4/c1-12-17-11-16(26-2)9-10-18(17)27-19(12)21(25)23-14-5-3-13(4-6-14)20(24)22-15-7-8-15/h3-6,9-11,15H,7-8H2,1-2H3,(H,22,24)(H,23,25). The highest BCUT2D eigenvalue weighted by Crippen LogP contribution is 2.29. The van der Waals surface area contributed by atoms with Crippen LogP contribution in [0.15, 0.2) is 46.9 Å². The number of carbonyl (C=O) groups is 2. The molecule has 6 nitrogen and oxygen atoms in total. The third-order valence-corrected chi connectivity index (χ3v) is 4.67. The highest BCUT2D eigenvalue weighted by atomic mass is 16.5. The molecule has 1 heterocycles. The van der Waals surface area contributed by atoms with Crippen LogP contribution in [0.4, 0.5) is 5.69 Å². The molecule has 3 aromatic rings. The number of benzene rings is 2. The number of ether oxygens (including phenoxy) is 1.